The van der Waals surface area contributed by atoms with E-state index in [0.29, 0.717) is 5.41 Å². The predicted molar refractivity (Wildman–Crippen MR) is 76.8 cm³/mol. The van der Waals surface area contributed by atoms with E-state index in [1.54, 1.807) is 0 Å². The molecule has 0 spiro atoms. The molecule has 0 unspecified atom stereocenters. The zero-order chi connectivity index (χ0) is 13.0. The smallest absolute Gasteiger partial charge is 0.128 e. The van der Waals surface area contributed by atoms with E-state index in [1.165, 1.54) is 24.8 Å². The number of anilines is 1. The molecule has 3 nitrogen and oxygen atoms in total. The lowest BCUT2D eigenvalue weighted by atomic mass is 9.78. The second kappa shape index (κ2) is 5.70. The molecule has 18 heavy (non-hydrogen) atoms. The molecule has 0 saturated carbocycles. The van der Waals surface area contributed by atoms with Crippen molar-refractivity contribution in [2.45, 2.75) is 39.7 Å². The molecule has 0 bridgehead atoms. The average molecular weight is 247 g/mol. The number of hydrogen-bond acceptors (Lipinski definition) is 3. The third kappa shape index (κ3) is 3.02. The fraction of sp³-hybridized carbons (Fsp3) is 0.667. The Labute approximate surface area is 111 Å². The van der Waals surface area contributed by atoms with Crippen molar-refractivity contribution in [3.05, 3.63) is 23.9 Å². The van der Waals surface area contributed by atoms with E-state index in [4.69, 9.17) is 0 Å². The van der Waals surface area contributed by atoms with Gasteiger partial charge in [-0.25, -0.2) is 4.98 Å². The molecule has 1 aromatic heterocycles. The van der Waals surface area contributed by atoms with Crippen LogP contribution in [-0.4, -0.2) is 25.1 Å². The summed E-state index contributed by atoms with van der Waals surface area (Å²) >= 11 is 0. The SMILES string of the molecule is CCC1(C)CCN(c2cc(CNC)ccn2)CC1. The first kappa shape index (κ1) is 13.3. The van der Waals surface area contributed by atoms with Crippen LogP contribution < -0.4 is 10.2 Å². The highest BCUT2D eigenvalue weighted by Gasteiger charge is 2.28. The molecule has 3 heteroatoms. The number of rotatable bonds is 4. The molecule has 1 fully saturated rings. The maximum atomic E-state index is 4.52. The van der Waals surface area contributed by atoms with Gasteiger partial charge in [0.15, 0.2) is 0 Å². The molecule has 2 rings (SSSR count). The Hall–Kier alpha value is -1.09. The highest BCUT2D eigenvalue weighted by Crippen LogP contribution is 2.35. The number of nitrogens with zero attached hydrogens (tertiary/aromatic N) is 2. The van der Waals surface area contributed by atoms with E-state index in [-0.39, 0.29) is 0 Å². The summed E-state index contributed by atoms with van der Waals surface area (Å²) < 4.78 is 0. The van der Waals surface area contributed by atoms with Crippen molar-refractivity contribution in [2.75, 3.05) is 25.0 Å². The fourth-order valence-electron chi connectivity index (χ4n) is 2.58. The molecule has 0 amide bonds. The Kier molecular flexibility index (Phi) is 4.23. The summed E-state index contributed by atoms with van der Waals surface area (Å²) in [4.78, 5) is 6.94. The second-order valence-corrected chi connectivity index (χ2v) is 5.70. The van der Waals surface area contributed by atoms with Crippen LogP contribution in [0.5, 0.6) is 0 Å². The summed E-state index contributed by atoms with van der Waals surface area (Å²) in [6, 6.07) is 4.30. The molecule has 1 aromatic rings. The van der Waals surface area contributed by atoms with Crippen molar-refractivity contribution in [3.63, 3.8) is 0 Å². The minimum absolute atomic E-state index is 0.541. The third-order valence-electron chi connectivity index (χ3n) is 4.34. The lowest BCUT2D eigenvalue weighted by molar-refractivity contribution is 0.238. The first-order valence-corrected chi connectivity index (χ1v) is 7.01. The highest BCUT2D eigenvalue weighted by molar-refractivity contribution is 5.41. The minimum atomic E-state index is 0.541. The molecule has 1 aliphatic heterocycles. The van der Waals surface area contributed by atoms with Gasteiger partial charge in [-0.15, -0.1) is 0 Å². The van der Waals surface area contributed by atoms with Crippen molar-refractivity contribution in [3.8, 4) is 0 Å². The first-order valence-electron chi connectivity index (χ1n) is 7.01. The molecule has 100 valence electrons. The Morgan fingerprint density at radius 3 is 2.72 bits per heavy atom. The molecule has 1 saturated heterocycles. The zero-order valence-electron chi connectivity index (χ0n) is 11.9. The number of hydrogen-bond donors (Lipinski definition) is 1. The fourth-order valence-corrected chi connectivity index (χ4v) is 2.58. The summed E-state index contributed by atoms with van der Waals surface area (Å²) in [6.07, 6.45) is 5.77. The van der Waals surface area contributed by atoms with Gasteiger partial charge in [0.05, 0.1) is 0 Å². The summed E-state index contributed by atoms with van der Waals surface area (Å²) in [5.74, 6) is 1.14. The molecule has 2 heterocycles. The van der Waals surface area contributed by atoms with Crippen LogP contribution in [-0.2, 0) is 6.54 Å². The molecule has 0 aromatic carbocycles. The van der Waals surface area contributed by atoms with Gasteiger partial charge in [-0.1, -0.05) is 20.3 Å². The standard InChI is InChI=1S/C15H25N3/c1-4-15(2)6-9-18(10-7-15)14-11-13(12-16-3)5-8-17-14/h5,8,11,16H,4,6-7,9-10,12H2,1-3H3. The Morgan fingerprint density at radius 1 is 1.39 bits per heavy atom. The molecule has 0 atom stereocenters. The summed E-state index contributed by atoms with van der Waals surface area (Å²) in [5, 5.41) is 3.19. The van der Waals surface area contributed by atoms with Crippen LogP contribution >= 0.6 is 0 Å². The quantitative estimate of drug-likeness (QED) is 0.887. The van der Waals surface area contributed by atoms with Crippen LogP contribution in [0.25, 0.3) is 0 Å². The lowest BCUT2D eigenvalue weighted by Crippen LogP contribution is -2.38. The van der Waals surface area contributed by atoms with Crippen molar-refractivity contribution in [1.82, 2.24) is 10.3 Å². The van der Waals surface area contributed by atoms with E-state index < -0.39 is 0 Å². The van der Waals surface area contributed by atoms with Gasteiger partial charge in [0, 0.05) is 25.8 Å². The normalized spacial score (nSPS) is 18.9. The van der Waals surface area contributed by atoms with Crippen LogP contribution in [0.15, 0.2) is 18.3 Å². The Bertz CT molecular complexity index is 381. The van der Waals surface area contributed by atoms with E-state index >= 15 is 0 Å². The van der Waals surface area contributed by atoms with Gasteiger partial charge < -0.3 is 10.2 Å². The number of pyridine rings is 1. The van der Waals surface area contributed by atoms with Gasteiger partial charge >= 0.3 is 0 Å². The van der Waals surface area contributed by atoms with Gasteiger partial charge in [-0.05, 0) is 43.0 Å². The average Bonchev–Trinajstić information content (AvgIpc) is 2.40. The van der Waals surface area contributed by atoms with Gasteiger partial charge in [0.1, 0.15) is 5.82 Å². The van der Waals surface area contributed by atoms with Crippen LogP contribution in [0.2, 0.25) is 0 Å². The molecule has 0 aliphatic carbocycles. The van der Waals surface area contributed by atoms with Crippen LogP contribution in [0.4, 0.5) is 5.82 Å². The van der Waals surface area contributed by atoms with Gasteiger partial charge in [0.2, 0.25) is 0 Å². The van der Waals surface area contributed by atoms with E-state index in [0.717, 1.165) is 25.5 Å². The number of piperidine rings is 1. The van der Waals surface area contributed by atoms with Gasteiger partial charge in [-0.2, -0.15) is 0 Å². The maximum absolute atomic E-state index is 4.52. The Balaban J connectivity index is 2.03. The van der Waals surface area contributed by atoms with Gasteiger partial charge in [-0.3, -0.25) is 0 Å². The van der Waals surface area contributed by atoms with Crippen molar-refractivity contribution in [2.24, 2.45) is 5.41 Å². The largest absolute Gasteiger partial charge is 0.357 e. The second-order valence-electron chi connectivity index (χ2n) is 5.70. The Morgan fingerprint density at radius 2 is 2.11 bits per heavy atom. The van der Waals surface area contributed by atoms with Crippen LogP contribution in [0.3, 0.4) is 0 Å². The van der Waals surface area contributed by atoms with E-state index in [2.05, 4.69) is 41.2 Å². The zero-order valence-corrected chi connectivity index (χ0v) is 11.9. The van der Waals surface area contributed by atoms with Crippen molar-refractivity contribution < 1.29 is 0 Å². The third-order valence-corrected chi connectivity index (χ3v) is 4.34. The van der Waals surface area contributed by atoms with Crippen LogP contribution in [0, 0.1) is 5.41 Å². The molecule has 1 N–H and O–H groups in total. The van der Waals surface area contributed by atoms with Gasteiger partial charge in [0.25, 0.3) is 0 Å². The molecular formula is C15H25N3. The summed E-state index contributed by atoms with van der Waals surface area (Å²) in [7, 11) is 1.98. The molecule has 1 aliphatic rings. The number of nitrogens with one attached hydrogen (secondary N) is 1. The highest BCUT2D eigenvalue weighted by atomic mass is 15.2. The maximum Gasteiger partial charge on any atom is 0.128 e. The number of aromatic nitrogens is 1. The van der Waals surface area contributed by atoms with Crippen LogP contribution in [0.1, 0.15) is 38.7 Å². The molecular weight excluding hydrogens is 222 g/mol. The van der Waals surface area contributed by atoms with Crippen molar-refractivity contribution >= 4 is 5.82 Å². The topological polar surface area (TPSA) is 28.2 Å². The minimum Gasteiger partial charge on any atom is -0.357 e. The lowest BCUT2D eigenvalue weighted by Gasteiger charge is -2.39. The predicted octanol–water partition coefficient (Wildman–Crippen LogP) is 2.82. The molecule has 0 radical (unpaired) electrons. The summed E-state index contributed by atoms with van der Waals surface area (Å²) in [5.41, 5.74) is 1.85. The monoisotopic (exact) mass is 247 g/mol. The van der Waals surface area contributed by atoms with E-state index in [9.17, 15) is 0 Å². The van der Waals surface area contributed by atoms with E-state index in [1.807, 2.05) is 13.2 Å². The summed E-state index contributed by atoms with van der Waals surface area (Å²) in [6.45, 7) is 7.91. The van der Waals surface area contributed by atoms with Crippen molar-refractivity contribution in [1.29, 1.82) is 0 Å². The first-order chi connectivity index (χ1) is 8.67.